The Bertz CT molecular complexity index is 556. The van der Waals surface area contributed by atoms with Gasteiger partial charge in [0, 0.05) is 37.1 Å². The second kappa shape index (κ2) is 10.3. The number of carbonyl (C=O) groups excluding carboxylic acids is 2. The SMILES string of the molecule is CN(CCNc1ccc(SC(N)=O)cc1)C(=O)[CH]CC1CCCCC1. The Hall–Kier alpha value is -1.69. The highest BCUT2D eigenvalue weighted by Crippen LogP contribution is 2.27. The lowest BCUT2D eigenvalue weighted by Gasteiger charge is -2.23. The molecule has 1 fully saturated rings. The Morgan fingerprint density at radius 3 is 2.56 bits per heavy atom. The molecule has 1 aromatic rings. The number of nitrogens with two attached hydrogens (primary N) is 1. The molecule has 0 aromatic heterocycles. The number of nitrogens with one attached hydrogen (secondary N) is 1. The van der Waals surface area contributed by atoms with Crippen LogP contribution in [0.15, 0.2) is 29.2 Å². The van der Waals surface area contributed by atoms with E-state index in [4.69, 9.17) is 5.73 Å². The first-order chi connectivity index (χ1) is 12.0. The summed E-state index contributed by atoms with van der Waals surface area (Å²) in [7, 11) is 1.84. The van der Waals surface area contributed by atoms with E-state index < -0.39 is 5.24 Å². The van der Waals surface area contributed by atoms with Crippen LogP contribution >= 0.6 is 11.8 Å². The van der Waals surface area contributed by atoms with E-state index >= 15 is 0 Å². The quantitative estimate of drug-likeness (QED) is 0.688. The number of benzene rings is 1. The molecular weight excluding hydrogens is 334 g/mol. The minimum absolute atomic E-state index is 0.112. The lowest BCUT2D eigenvalue weighted by Crippen LogP contribution is -2.32. The van der Waals surface area contributed by atoms with Crippen molar-refractivity contribution in [2.45, 2.75) is 43.4 Å². The van der Waals surface area contributed by atoms with Gasteiger partial charge >= 0.3 is 0 Å². The molecular formula is C19H28N3O2S. The van der Waals surface area contributed by atoms with E-state index in [1.807, 2.05) is 37.7 Å². The predicted octanol–water partition coefficient (Wildman–Crippen LogP) is 3.90. The van der Waals surface area contributed by atoms with E-state index in [1.165, 1.54) is 32.1 Å². The Labute approximate surface area is 154 Å². The largest absolute Gasteiger partial charge is 0.383 e. The van der Waals surface area contributed by atoms with Crippen molar-refractivity contribution < 1.29 is 9.59 Å². The number of rotatable bonds is 8. The van der Waals surface area contributed by atoms with Gasteiger partial charge in [0.1, 0.15) is 0 Å². The van der Waals surface area contributed by atoms with Gasteiger partial charge in [-0.15, -0.1) is 0 Å². The van der Waals surface area contributed by atoms with Gasteiger partial charge in [0.05, 0.1) is 0 Å². The zero-order chi connectivity index (χ0) is 18.1. The van der Waals surface area contributed by atoms with Gasteiger partial charge in [0.2, 0.25) is 5.91 Å². The van der Waals surface area contributed by atoms with Crippen LogP contribution in [0.3, 0.4) is 0 Å². The molecule has 5 nitrogen and oxygen atoms in total. The van der Waals surface area contributed by atoms with Gasteiger partial charge in [-0.3, -0.25) is 9.59 Å². The Morgan fingerprint density at radius 2 is 1.92 bits per heavy atom. The summed E-state index contributed by atoms with van der Waals surface area (Å²) in [5, 5.41) is 2.87. The maximum absolute atomic E-state index is 12.2. The molecule has 25 heavy (non-hydrogen) atoms. The maximum Gasteiger partial charge on any atom is 0.281 e. The Kier molecular flexibility index (Phi) is 8.12. The van der Waals surface area contributed by atoms with E-state index in [-0.39, 0.29) is 5.91 Å². The van der Waals surface area contributed by atoms with Crippen LogP contribution in [0.5, 0.6) is 0 Å². The second-order valence-electron chi connectivity index (χ2n) is 6.58. The van der Waals surface area contributed by atoms with Gasteiger partial charge in [0.25, 0.3) is 5.24 Å². The molecule has 0 heterocycles. The monoisotopic (exact) mass is 362 g/mol. The fourth-order valence-corrected chi connectivity index (χ4v) is 3.59. The van der Waals surface area contributed by atoms with Gasteiger partial charge in [-0.25, -0.2) is 0 Å². The Morgan fingerprint density at radius 1 is 1.24 bits per heavy atom. The topological polar surface area (TPSA) is 75.4 Å². The highest BCUT2D eigenvalue weighted by Gasteiger charge is 2.16. The van der Waals surface area contributed by atoms with E-state index in [2.05, 4.69) is 5.32 Å². The molecule has 2 amide bonds. The van der Waals surface area contributed by atoms with Crippen LogP contribution in [0.2, 0.25) is 0 Å². The number of anilines is 1. The molecule has 1 aromatic carbocycles. The van der Waals surface area contributed by atoms with Crippen molar-refractivity contribution in [2.24, 2.45) is 11.7 Å². The lowest BCUT2D eigenvalue weighted by atomic mass is 9.86. The first-order valence-corrected chi connectivity index (χ1v) is 9.76. The van der Waals surface area contributed by atoms with Crippen molar-refractivity contribution in [1.82, 2.24) is 4.90 Å². The fourth-order valence-electron chi connectivity index (χ4n) is 3.08. The number of hydrogen-bond donors (Lipinski definition) is 2. The molecule has 0 atom stereocenters. The fraction of sp³-hybridized carbons (Fsp3) is 0.526. The molecule has 0 saturated heterocycles. The van der Waals surface area contributed by atoms with E-state index in [0.717, 1.165) is 28.8 Å². The highest BCUT2D eigenvalue weighted by molar-refractivity contribution is 8.13. The van der Waals surface area contributed by atoms with Gasteiger partial charge in [-0.05, 0) is 48.4 Å². The number of primary amides is 1. The lowest BCUT2D eigenvalue weighted by molar-refractivity contribution is -0.126. The van der Waals surface area contributed by atoms with E-state index in [1.54, 1.807) is 4.90 Å². The smallest absolute Gasteiger partial charge is 0.281 e. The molecule has 1 aliphatic carbocycles. The van der Waals surface area contributed by atoms with Gasteiger partial charge < -0.3 is 16.0 Å². The molecule has 6 heteroatoms. The summed E-state index contributed by atoms with van der Waals surface area (Å²) < 4.78 is 0. The van der Waals surface area contributed by atoms with Crippen molar-refractivity contribution >= 4 is 28.6 Å². The molecule has 0 bridgehead atoms. The molecule has 1 radical (unpaired) electrons. The molecule has 1 saturated carbocycles. The van der Waals surface area contributed by atoms with Crippen molar-refractivity contribution in [3.63, 3.8) is 0 Å². The number of hydrogen-bond acceptors (Lipinski definition) is 4. The third-order valence-corrected chi connectivity index (χ3v) is 5.28. The number of likely N-dealkylation sites (N-methyl/N-ethyl adjacent to an activating group) is 1. The maximum atomic E-state index is 12.2. The normalized spacial score (nSPS) is 14.9. The Balaban J connectivity index is 1.64. The van der Waals surface area contributed by atoms with Crippen LogP contribution in [0.25, 0.3) is 0 Å². The van der Waals surface area contributed by atoms with Crippen molar-refractivity contribution in [1.29, 1.82) is 0 Å². The zero-order valence-electron chi connectivity index (χ0n) is 14.9. The number of nitrogens with zero attached hydrogens (tertiary/aromatic N) is 1. The minimum atomic E-state index is -0.412. The van der Waals surface area contributed by atoms with Crippen molar-refractivity contribution in [2.75, 3.05) is 25.5 Å². The van der Waals surface area contributed by atoms with Gasteiger partial charge in [-0.1, -0.05) is 32.1 Å². The molecule has 1 aliphatic rings. The molecule has 0 spiro atoms. The van der Waals surface area contributed by atoms with E-state index in [0.29, 0.717) is 19.0 Å². The van der Waals surface area contributed by atoms with Crippen LogP contribution in [-0.2, 0) is 4.79 Å². The number of carbonyl (C=O) groups is 2. The number of amides is 2. The first kappa shape index (κ1) is 19.6. The van der Waals surface area contributed by atoms with E-state index in [9.17, 15) is 9.59 Å². The average molecular weight is 363 g/mol. The summed E-state index contributed by atoms with van der Waals surface area (Å²) in [6, 6.07) is 7.51. The highest BCUT2D eigenvalue weighted by atomic mass is 32.2. The van der Waals surface area contributed by atoms with Gasteiger partial charge in [0.15, 0.2) is 0 Å². The predicted molar refractivity (Wildman–Crippen MR) is 104 cm³/mol. The summed E-state index contributed by atoms with van der Waals surface area (Å²) in [6.45, 7) is 1.33. The van der Waals surface area contributed by atoms with Crippen molar-refractivity contribution in [3.05, 3.63) is 30.7 Å². The first-order valence-electron chi connectivity index (χ1n) is 8.94. The molecule has 137 valence electrons. The van der Waals surface area contributed by atoms with Crippen LogP contribution in [0, 0.1) is 12.3 Å². The van der Waals surface area contributed by atoms with Crippen LogP contribution in [0.4, 0.5) is 10.5 Å². The summed E-state index contributed by atoms with van der Waals surface area (Å²) in [5.74, 6) is 0.807. The van der Waals surface area contributed by atoms with Crippen molar-refractivity contribution in [3.8, 4) is 0 Å². The summed E-state index contributed by atoms with van der Waals surface area (Å²) in [4.78, 5) is 25.6. The second-order valence-corrected chi connectivity index (χ2v) is 7.65. The van der Waals surface area contributed by atoms with Crippen LogP contribution in [0.1, 0.15) is 38.5 Å². The standard InChI is InChI=1S/C19H28N3O2S/c1-22(18(23)12-7-15-5-3-2-4-6-15)14-13-21-16-8-10-17(11-9-16)25-19(20)24/h8-12,15,21H,2-7,13-14H2,1H3,(H2,20,24). The molecule has 3 N–H and O–H groups in total. The molecule has 0 aliphatic heterocycles. The zero-order valence-corrected chi connectivity index (χ0v) is 15.7. The van der Waals surface area contributed by atoms with Crippen LogP contribution in [-0.4, -0.2) is 36.2 Å². The third kappa shape index (κ3) is 7.38. The molecule has 0 unspecified atom stereocenters. The van der Waals surface area contributed by atoms with Crippen LogP contribution < -0.4 is 11.1 Å². The number of thioether (sulfide) groups is 1. The van der Waals surface area contributed by atoms with Gasteiger partial charge in [-0.2, -0.15) is 0 Å². The summed E-state index contributed by atoms with van der Waals surface area (Å²) >= 11 is 1.01. The average Bonchev–Trinajstić information content (AvgIpc) is 2.61. The summed E-state index contributed by atoms with van der Waals surface area (Å²) in [5.41, 5.74) is 6.10. The summed E-state index contributed by atoms with van der Waals surface area (Å²) in [6.07, 6.45) is 9.25. The minimum Gasteiger partial charge on any atom is -0.383 e. The molecule has 2 rings (SSSR count). The third-order valence-electron chi connectivity index (χ3n) is 4.58.